The van der Waals surface area contributed by atoms with Crippen molar-refractivity contribution < 1.29 is 4.74 Å². The van der Waals surface area contributed by atoms with Crippen LogP contribution in [0.3, 0.4) is 0 Å². The molecule has 0 aliphatic carbocycles. The summed E-state index contributed by atoms with van der Waals surface area (Å²) in [5, 5.41) is 0. The molecular formula is C16H36N2O. The summed E-state index contributed by atoms with van der Waals surface area (Å²) >= 11 is 0. The predicted octanol–water partition coefficient (Wildman–Crippen LogP) is 3.95. The van der Waals surface area contributed by atoms with Gasteiger partial charge in [-0.2, -0.15) is 0 Å². The lowest BCUT2D eigenvalue weighted by Crippen LogP contribution is -2.35. The fourth-order valence-corrected chi connectivity index (χ4v) is 2.38. The van der Waals surface area contributed by atoms with Crippen molar-refractivity contribution in [2.45, 2.75) is 96.7 Å². The number of ether oxygens (including phenoxy) is 1. The molecular weight excluding hydrogens is 236 g/mol. The fourth-order valence-electron chi connectivity index (χ4n) is 2.38. The van der Waals surface area contributed by atoms with Gasteiger partial charge in [-0.25, -0.2) is 0 Å². The van der Waals surface area contributed by atoms with E-state index >= 15 is 0 Å². The van der Waals surface area contributed by atoms with Crippen LogP contribution >= 0.6 is 0 Å². The molecule has 1 atom stereocenters. The third kappa shape index (κ3) is 14.1. The molecule has 0 saturated heterocycles. The molecule has 0 radical (unpaired) electrons. The van der Waals surface area contributed by atoms with Crippen molar-refractivity contribution in [1.82, 2.24) is 0 Å². The molecule has 0 bridgehead atoms. The van der Waals surface area contributed by atoms with Crippen molar-refractivity contribution in [3.05, 3.63) is 0 Å². The highest BCUT2D eigenvalue weighted by Gasteiger charge is 2.10. The summed E-state index contributed by atoms with van der Waals surface area (Å²) in [5.41, 5.74) is 11.3. The molecule has 3 nitrogen and oxygen atoms in total. The Morgan fingerprint density at radius 1 is 0.789 bits per heavy atom. The van der Waals surface area contributed by atoms with E-state index in [-0.39, 0.29) is 12.3 Å². The maximum atomic E-state index is 5.88. The number of nitrogens with two attached hydrogens (primary N) is 2. The minimum Gasteiger partial charge on any atom is -0.378 e. The van der Waals surface area contributed by atoms with Gasteiger partial charge in [-0.1, -0.05) is 65.2 Å². The van der Waals surface area contributed by atoms with E-state index in [0.29, 0.717) is 0 Å². The number of hydrogen-bond donors (Lipinski definition) is 2. The molecule has 4 N–H and O–H groups in total. The first-order chi connectivity index (χ1) is 9.20. The maximum absolute atomic E-state index is 5.88. The Kier molecular flexibility index (Phi) is 14.2. The number of unbranched alkanes of at least 4 members (excludes halogenated alkanes) is 7. The van der Waals surface area contributed by atoms with Gasteiger partial charge in [-0.05, 0) is 12.8 Å². The minimum atomic E-state index is -0.241. The summed E-state index contributed by atoms with van der Waals surface area (Å²) in [4.78, 5) is 0. The predicted molar refractivity (Wildman–Crippen MR) is 84.0 cm³/mol. The quantitative estimate of drug-likeness (QED) is 0.372. The Morgan fingerprint density at radius 2 is 1.37 bits per heavy atom. The van der Waals surface area contributed by atoms with Crippen LogP contribution in [0, 0.1) is 0 Å². The molecule has 0 spiro atoms. The first kappa shape index (κ1) is 18.9. The average Bonchev–Trinajstić information content (AvgIpc) is 2.36. The molecule has 0 aliphatic rings. The molecule has 0 aromatic carbocycles. The third-order valence-electron chi connectivity index (χ3n) is 3.50. The van der Waals surface area contributed by atoms with Crippen molar-refractivity contribution >= 4 is 0 Å². The lowest BCUT2D eigenvalue weighted by molar-refractivity contribution is 0.0347. The molecule has 0 rings (SSSR count). The second kappa shape index (κ2) is 14.3. The molecule has 0 saturated carbocycles. The summed E-state index contributed by atoms with van der Waals surface area (Å²) in [5.74, 6) is 0. The molecule has 3 heteroatoms. The van der Waals surface area contributed by atoms with E-state index in [1.54, 1.807) is 0 Å². The largest absolute Gasteiger partial charge is 0.378 e. The topological polar surface area (TPSA) is 61.3 Å². The van der Waals surface area contributed by atoms with Gasteiger partial charge in [0.2, 0.25) is 0 Å². The molecule has 116 valence electrons. The van der Waals surface area contributed by atoms with Crippen LogP contribution in [0.25, 0.3) is 0 Å². The maximum Gasteiger partial charge on any atom is 0.0602 e. The molecule has 0 aromatic rings. The fraction of sp³-hybridized carbons (Fsp3) is 1.00. The first-order valence-electron chi connectivity index (χ1n) is 8.33. The van der Waals surface area contributed by atoms with Crippen molar-refractivity contribution in [3.8, 4) is 0 Å². The van der Waals surface area contributed by atoms with Gasteiger partial charge in [0.15, 0.2) is 0 Å². The van der Waals surface area contributed by atoms with E-state index in [1.807, 2.05) is 0 Å². The van der Waals surface area contributed by atoms with Gasteiger partial charge in [-0.3, -0.25) is 0 Å². The highest BCUT2D eigenvalue weighted by molar-refractivity contribution is 4.63. The normalized spacial score (nSPS) is 13.1. The Hall–Kier alpha value is -0.120. The van der Waals surface area contributed by atoms with Gasteiger partial charge in [0, 0.05) is 13.0 Å². The van der Waals surface area contributed by atoms with E-state index < -0.39 is 0 Å². The second-order valence-electron chi connectivity index (χ2n) is 5.66. The molecule has 0 aromatic heterocycles. The van der Waals surface area contributed by atoms with Crippen LogP contribution in [-0.2, 0) is 4.74 Å². The smallest absolute Gasteiger partial charge is 0.0602 e. The standard InChI is InChI=1S/C16H36N2O/c1-3-5-6-7-8-9-10-11-13-19-15(12-4-2)14-16(17)18/h15-16H,3-14,17-18H2,1-2H3. The summed E-state index contributed by atoms with van der Waals surface area (Å²) in [7, 11) is 0. The molecule has 0 amide bonds. The zero-order valence-electron chi connectivity index (χ0n) is 13.2. The Morgan fingerprint density at radius 3 is 1.89 bits per heavy atom. The van der Waals surface area contributed by atoms with Crippen molar-refractivity contribution in [1.29, 1.82) is 0 Å². The Balaban J connectivity index is 3.34. The molecule has 0 aliphatic heterocycles. The van der Waals surface area contributed by atoms with E-state index in [0.717, 1.165) is 25.9 Å². The highest BCUT2D eigenvalue weighted by Crippen LogP contribution is 2.11. The van der Waals surface area contributed by atoms with E-state index in [2.05, 4.69) is 13.8 Å². The summed E-state index contributed by atoms with van der Waals surface area (Å²) in [6, 6.07) is 0. The van der Waals surface area contributed by atoms with E-state index in [9.17, 15) is 0 Å². The number of hydrogen-bond acceptors (Lipinski definition) is 3. The lowest BCUT2D eigenvalue weighted by atomic mass is 10.1. The zero-order valence-corrected chi connectivity index (χ0v) is 13.2. The third-order valence-corrected chi connectivity index (χ3v) is 3.50. The minimum absolute atomic E-state index is 0.241. The zero-order chi connectivity index (χ0) is 14.3. The van der Waals surface area contributed by atoms with Crippen molar-refractivity contribution in [3.63, 3.8) is 0 Å². The van der Waals surface area contributed by atoms with Crippen LogP contribution in [0.5, 0.6) is 0 Å². The van der Waals surface area contributed by atoms with Crippen LogP contribution in [0.4, 0.5) is 0 Å². The highest BCUT2D eigenvalue weighted by atomic mass is 16.5. The van der Waals surface area contributed by atoms with Crippen molar-refractivity contribution in [2.75, 3.05) is 6.61 Å². The van der Waals surface area contributed by atoms with Crippen LogP contribution < -0.4 is 11.5 Å². The van der Waals surface area contributed by atoms with Gasteiger partial charge < -0.3 is 16.2 Å². The summed E-state index contributed by atoms with van der Waals surface area (Å²) in [6.45, 7) is 5.30. The van der Waals surface area contributed by atoms with Crippen LogP contribution in [0.2, 0.25) is 0 Å². The lowest BCUT2D eigenvalue weighted by Gasteiger charge is -2.19. The molecule has 0 fully saturated rings. The second-order valence-corrected chi connectivity index (χ2v) is 5.66. The molecule has 0 heterocycles. The van der Waals surface area contributed by atoms with Crippen LogP contribution in [0.15, 0.2) is 0 Å². The van der Waals surface area contributed by atoms with E-state index in [1.165, 1.54) is 51.4 Å². The van der Waals surface area contributed by atoms with Gasteiger partial charge in [0.25, 0.3) is 0 Å². The average molecular weight is 272 g/mol. The van der Waals surface area contributed by atoms with E-state index in [4.69, 9.17) is 16.2 Å². The molecule has 1 unspecified atom stereocenters. The van der Waals surface area contributed by atoms with Gasteiger partial charge in [0.05, 0.1) is 12.3 Å². The van der Waals surface area contributed by atoms with Crippen molar-refractivity contribution in [2.24, 2.45) is 11.5 Å². The SMILES string of the molecule is CCCCCCCCCCOC(CCC)CC(N)N. The van der Waals surface area contributed by atoms with Crippen LogP contribution in [-0.4, -0.2) is 18.9 Å². The summed E-state index contributed by atoms with van der Waals surface area (Å²) < 4.78 is 5.88. The van der Waals surface area contributed by atoms with Gasteiger partial charge in [-0.15, -0.1) is 0 Å². The Labute approximate surface area is 120 Å². The number of rotatable bonds is 14. The monoisotopic (exact) mass is 272 g/mol. The van der Waals surface area contributed by atoms with Crippen LogP contribution in [0.1, 0.15) is 84.5 Å². The summed E-state index contributed by atoms with van der Waals surface area (Å²) in [6.07, 6.45) is 13.7. The molecule has 19 heavy (non-hydrogen) atoms. The van der Waals surface area contributed by atoms with Gasteiger partial charge in [0.1, 0.15) is 0 Å². The first-order valence-corrected chi connectivity index (χ1v) is 8.33. The van der Waals surface area contributed by atoms with Gasteiger partial charge >= 0.3 is 0 Å². The Bertz CT molecular complexity index is 174.